The maximum absolute atomic E-state index is 13.0. The van der Waals surface area contributed by atoms with Gasteiger partial charge in [-0.1, -0.05) is 24.3 Å². The van der Waals surface area contributed by atoms with Crippen LogP contribution in [0.4, 0.5) is 0 Å². The normalized spacial score (nSPS) is 21.2. The standard InChI is InChI=1S/C33H35N3O7S/c1-20(35-31(38)28-14-15-34-44-28)30(23-8-6-22(7-9-23)21-4-5-21)42-26-12-10-24(11-13-26)33(40)43-27-3-2-16-36(18-27)32(39)25-17-29(37)41-19-25/h6-15,20-21,25,27,30H,2-5,16-19H2,1H3,(H,35,38)/t20?,25-,27+,30?/m1/s1. The van der Waals surface area contributed by atoms with Gasteiger partial charge in [0.15, 0.2) is 0 Å². The first kappa shape index (κ1) is 29.8. The second-order valence-electron chi connectivity index (χ2n) is 11.7. The zero-order valence-corrected chi connectivity index (χ0v) is 25.3. The molecule has 230 valence electrons. The molecule has 0 bridgehead atoms. The van der Waals surface area contributed by atoms with Crippen molar-refractivity contribution in [1.82, 2.24) is 14.6 Å². The smallest absolute Gasteiger partial charge is 0.338 e. The van der Waals surface area contributed by atoms with E-state index in [9.17, 15) is 19.2 Å². The fraction of sp³-hybridized carbons (Fsp3) is 0.424. The Balaban J connectivity index is 1.09. The molecule has 3 fully saturated rings. The van der Waals surface area contributed by atoms with Crippen molar-refractivity contribution in [3.63, 3.8) is 0 Å². The van der Waals surface area contributed by atoms with Crippen LogP contribution in [0.5, 0.6) is 5.75 Å². The Labute approximate surface area is 259 Å². The quantitative estimate of drug-likeness (QED) is 0.326. The first-order valence-corrected chi connectivity index (χ1v) is 15.8. The number of hydrogen-bond donors (Lipinski definition) is 1. The van der Waals surface area contributed by atoms with Gasteiger partial charge in [0.1, 0.15) is 29.4 Å². The summed E-state index contributed by atoms with van der Waals surface area (Å²) in [5, 5.41) is 3.04. The lowest BCUT2D eigenvalue weighted by atomic mass is 10.00. The lowest BCUT2D eigenvalue weighted by Gasteiger charge is -2.33. The van der Waals surface area contributed by atoms with E-state index in [1.165, 1.54) is 18.4 Å². The monoisotopic (exact) mass is 617 g/mol. The van der Waals surface area contributed by atoms with Crippen LogP contribution in [0, 0.1) is 5.92 Å². The molecule has 1 N–H and O–H groups in total. The summed E-state index contributed by atoms with van der Waals surface area (Å²) in [6.07, 6.45) is 4.57. The SMILES string of the molecule is CC(NC(=O)c1ccns1)C(Oc1ccc(C(=O)O[C@H]2CCCN(C(=O)[C@H]3COC(=O)C3)C2)cc1)c1ccc(C2CC2)cc1. The number of ether oxygens (including phenoxy) is 3. The second kappa shape index (κ2) is 13.2. The highest BCUT2D eigenvalue weighted by Gasteiger charge is 2.36. The third-order valence-electron chi connectivity index (χ3n) is 8.31. The lowest BCUT2D eigenvalue weighted by molar-refractivity contribution is -0.139. The topological polar surface area (TPSA) is 124 Å². The van der Waals surface area contributed by atoms with Crippen LogP contribution >= 0.6 is 11.5 Å². The Morgan fingerprint density at radius 1 is 1.05 bits per heavy atom. The van der Waals surface area contributed by atoms with Crippen LogP contribution in [0.3, 0.4) is 0 Å². The molecule has 10 nitrogen and oxygen atoms in total. The van der Waals surface area contributed by atoms with Gasteiger partial charge in [0.2, 0.25) is 5.91 Å². The minimum Gasteiger partial charge on any atom is -0.484 e. The van der Waals surface area contributed by atoms with Crippen LogP contribution in [0.25, 0.3) is 0 Å². The van der Waals surface area contributed by atoms with E-state index in [1.54, 1.807) is 41.4 Å². The minimum absolute atomic E-state index is 0.0953. The summed E-state index contributed by atoms with van der Waals surface area (Å²) in [5.41, 5.74) is 2.61. The molecule has 1 aliphatic carbocycles. The molecule has 1 aromatic heterocycles. The van der Waals surface area contributed by atoms with Gasteiger partial charge in [-0.3, -0.25) is 14.4 Å². The van der Waals surface area contributed by atoms with E-state index in [-0.39, 0.29) is 36.9 Å². The van der Waals surface area contributed by atoms with Crippen molar-refractivity contribution in [3.8, 4) is 5.75 Å². The number of likely N-dealkylation sites (tertiary alicyclic amines) is 1. The number of rotatable bonds is 10. The van der Waals surface area contributed by atoms with E-state index in [0.717, 1.165) is 17.1 Å². The Hall–Kier alpha value is -4.25. The van der Waals surface area contributed by atoms with Crippen molar-refractivity contribution < 1.29 is 33.4 Å². The van der Waals surface area contributed by atoms with Gasteiger partial charge in [0.05, 0.1) is 30.5 Å². The van der Waals surface area contributed by atoms with E-state index in [4.69, 9.17) is 14.2 Å². The van der Waals surface area contributed by atoms with Gasteiger partial charge < -0.3 is 24.4 Å². The number of benzene rings is 2. The van der Waals surface area contributed by atoms with Crippen molar-refractivity contribution in [2.45, 2.75) is 63.2 Å². The van der Waals surface area contributed by atoms with Crippen molar-refractivity contribution in [3.05, 3.63) is 82.4 Å². The van der Waals surface area contributed by atoms with Gasteiger partial charge >= 0.3 is 11.9 Å². The summed E-state index contributed by atoms with van der Waals surface area (Å²) in [4.78, 5) is 52.2. The first-order valence-electron chi connectivity index (χ1n) is 15.1. The number of amides is 2. The third kappa shape index (κ3) is 7.10. The van der Waals surface area contributed by atoms with Crippen molar-refractivity contribution >= 4 is 35.3 Å². The molecule has 11 heteroatoms. The number of nitrogens with one attached hydrogen (secondary N) is 1. The predicted molar refractivity (Wildman–Crippen MR) is 161 cm³/mol. The highest BCUT2D eigenvalue weighted by molar-refractivity contribution is 7.08. The molecule has 0 radical (unpaired) electrons. The molecule has 2 unspecified atom stereocenters. The summed E-state index contributed by atoms with van der Waals surface area (Å²) in [6.45, 7) is 2.87. The maximum atomic E-state index is 13.0. The third-order valence-corrected chi connectivity index (χ3v) is 9.06. The van der Waals surface area contributed by atoms with Crippen LogP contribution < -0.4 is 10.1 Å². The Morgan fingerprint density at radius 3 is 2.48 bits per heavy atom. The number of carbonyl (C=O) groups is 4. The van der Waals surface area contributed by atoms with Crippen molar-refractivity contribution in [2.75, 3.05) is 19.7 Å². The molecule has 2 amide bonds. The van der Waals surface area contributed by atoms with Crippen molar-refractivity contribution in [2.24, 2.45) is 5.92 Å². The van der Waals surface area contributed by atoms with Gasteiger partial charge in [-0.2, -0.15) is 0 Å². The molecule has 44 heavy (non-hydrogen) atoms. The average Bonchev–Trinajstić information content (AvgIpc) is 3.55. The molecule has 3 aliphatic rings. The number of aromatic nitrogens is 1. The van der Waals surface area contributed by atoms with Gasteiger partial charge in [-0.05, 0) is 91.5 Å². The van der Waals surface area contributed by atoms with Crippen LogP contribution in [-0.2, 0) is 19.1 Å². The summed E-state index contributed by atoms with van der Waals surface area (Å²) >= 11 is 1.14. The summed E-state index contributed by atoms with van der Waals surface area (Å²) in [6, 6.07) is 16.4. The number of hydrogen-bond acceptors (Lipinski definition) is 9. The van der Waals surface area contributed by atoms with E-state index in [2.05, 4.69) is 34.0 Å². The molecule has 1 saturated carbocycles. The molecule has 4 atom stereocenters. The Kier molecular flexibility index (Phi) is 8.92. The van der Waals surface area contributed by atoms with E-state index >= 15 is 0 Å². The minimum atomic E-state index is -0.482. The van der Waals surface area contributed by atoms with Gasteiger partial charge in [-0.15, -0.1) is 0 Å². The van der Waals surface area contributed by atoms with Crippen molar-refractivity contribution in [1.29, 1.82) is 0 Å². The lowest BCUT2D eigenvalue weighted by Crippen LogP contribution is -2.46. The van der Waals surface area contributed by atoms with E-state index < -0.39 is 24.1 Å². The molecule has 6 rings (SSSR count). The number of cyclic esters (lactones) is 1. The fourth-order valence-electron chi connectivity index (χ4n) is 5.72. The molecular weight excluding hydrogens is 582 g/mol. The summed E-state index contributed by atoms with van der Waals surface area (Å²) in [7, 11) is 0. The van der Waals surface area contributed by atoms with Crippen LogP contribution in [-0.4, -0.2) is 64.9 Å². The van der Waals surface area contributed by atoms with Gasteiger partial charge in [-0.25, -0.2) is 9.17 Å². The van der Waals surface area contributed by atoms with Crippen LogP contribution in [0.2, 0.25) is 0 Å². The molecule has 0 spiro atoms. The number of carbonyl (C=O) groups excluding carboxylic acids is 4. The molecule has 3 heterocycles. The average molecular weight is 618 g/mol. The number of piperidine rings is 1. The molecule has 2 aromatic carbocycles. The predicted octanol–water partition coefficient (Wildman–Crippen LogP) is 4.67. The zero-order valence-electron chi connectivity index (χ0n) is 24.5. The molecular formula is C33H35N3O7S. The maximum Gasteiger partial charge on any atom is 0.338 e. The summed E-state index contributed by atoms with van der Waals surface area (Å²) < 4.78 is 21.1. The van der Waals surface area contributed by atoms with Gasteiger partial charge in [0, 0.05) is 12.7 Å². The van der Waals surface area contributed by atoms with Crippen LogP contribution in [0.15, 0.2) is 60.8 Å². The van der Waals surface area contributed by atoms with Crippen LogP contribution in [0.1, 0.15) is 82.2 Å². The molecule has 2 aliphatic heterocycles. The van der Waals surface area contributed by atoms with Gasteiger partial charge in [0.25, 0.3) is 5.91 Å². The number of esters is 2. The Morgan fingerprint density at radius 2 is 1.82 bits per heavy atom. The van der Waals surface area contributed by atoms with E-state index in [0.29, 0.717) is 48.0 Å². The molecule has 3 aromatic rings. The van der Waals surface area contributed by atoms with E-state index in [1.807, 2.05) is 6.92 Å². The highest BCUT2D eigenvalue weighted by Crippen LogP contribution is 2.40. The molecule has 2 saturated heterocycles. The Bertz CT molecular complexity index is 1490. The fourth-order valence-corrected chi connectivity index (χ4v) is 6.22. The first-order chi connectivity index (χ1) is 21.3. The second-order valence-corrected chi connectivity index (χ2v) is 12.5. The zero-order chi connectivity index (χ0) is 30.6. The largest absolute Gasteiger partial charge is 0.484 e. The highest BCUT2D eigenvalue weighted by atomic mass is 32.1. The number of nitrogens with zero attached hydrogens (tertiary/aromatic N) is 2. The summed E-state index contributed by atoms with van der Waals surface area (Å²) in [5.74, 6) is -0.477.